The Morgan fingerprint density at radius 1 is 1.35 bits per heavy atom. The van der Waals surface area contributed by atoms with Crippen molar-refractivity contribution in [3.63, 3.8) is 0 Å². The first-order valence-electron chi connectivity index (χ1n) is 6.73. The van der Waals surface area contributed by atoms with E-state index in [1.807, 2.05) is 4.57 Å². The number of nitrogens with zero attached hydrogens (tertiary/aromatic N) is 2. The number of aromatic nitrogens is 2. The Hall–Kier alpha value is -2.22. The molecule has 0 saturated carbocycles. The average molecular weight is 347 g/mol. The molecule has 2 rings (SSSR count). The molecule has 2 aromatic rings. The van der Waals surface area contributed by atoms with Gasteiger partial charge in [-0.3, -0.25) is 0 Å². The van der Waals surface area contributed by atoms with E-state index in [1.165, 1.54) is 0 Å². The third kappa shape index (κ3) is 5.17. The van der Waals surface area contributed by atoms with Gasteiger partial charge in [-0.1, -0.05) is 11.6 Å². The van der Waals surface area contributed by atoms with Crippen molar-refractivity contribution in [3.05, 3.63) is 47.5 Å². The van der Waals surface area contributed by atoms with Gasteiger partial charge in [0.05, 0.1) is 22.6 Å². The van der Waals surface area contributed by atoms with Crippen molar-refractivity contribution in [1.82, 2.24) is 14.9 Å². The van der Waals surface area contributed by atoms with Crippen molar-refractivity contribution in [2.24, 2.45) is 0 Å². The zero-order valence-electron chi connectivity index (χ0n) is 11.9. The zero-order chi connectivity index (χ0) is 16.9. The van der Waals surface area contributed by atoms with Gasteiger partial charge in [0.15, 0.2) is 0 Å². The number of aryl methyl sites for hydroxylation is 1. The Morgan fingerprint density at radius 2 is 2.13 bits per heavy atom. The number of hydrogen-bond acceptors (Lipinski definition) is 2. The molecular weight excluding hydrogens is 333 g/mol. The molecule has 0 bridgehead atoms. The van der Waals surface area contributed by atoms with E-state index in [0.29, 0.717) is 19.5 Å². The Morgan fingerprint density at radius 3 is 2.78 bits per heavy atom. The second-order valence-electron chi connectivity index (χ2n) is 4.73. The van der Waals surface area contributed by atoms with Crippen LogP contribution in [0.1, 0.15) is 12.0 Å². The molecule has 0 unspecified atom stereocenters. The first kappa shape index (κ1) is 17.1. The van der Waals surface area contributed by atoms with Gasteiger partial charge in [-0.15, -0.1) is 0 Å². The smallest absolute Gasteiger partial charge is 0.338 e. The topological polar surface area (TPSA) is 59.0 Å². The number of nitrogens with one attached hydrogen (secondary N) is 2. The molecule has 0 saturated heterocycles. The summed E-state index contributed by atoms with van der Waals surface area (Å²) in [5.41, 5.74) is -0.967. The van der Waals surface area contributed by atoms with Crippen LogP contribution in [0.3, 0.4) is 0 Å². The number of imidazole rings is 1. The molecule has 0 aliphatic rings. The van der Waals surface area contributed by atoms with Crippen molar-refractivity contribution < 1.29 is 18.0 Å². The first-order chi connectivity index (χ1) is 10.9. The Kier molecular flexibility index (Phi) is 5.49. The monoisotopic (exact) mass is 346 g/mol. The van der Waals surface area contributed by atoms with E-state index in [4.69, 9.17) is 11.6 Å². The lowest BCUT2D eigenvalue weighted by Crippen LogP contribution is -2.30. The summed E-state index contributed by atoms with van der Waals surface area (Å²) in [5, 5.41) is 4.90. The van der Waals surface area contributed by atoms with E-state index in [0.717, 1.165) is 18.2 Å². The molecule has 2 N–H and O–H groups in total. The van der Waals surface area contributed by atoms with E-state index in [-0.39, 0.29) is 10.7 Å². The number of carbonyl (C=O) groups is 1. The van der Waals surface area contributed by atoms with Crippen LogP contribution in [0.2, 0.25) is 5.02 Å². The molecule has 1 aromatic heterocycles. The standard InChI is InChI=1S/C14H14ClF3N4O/c15-11-3-2-10(14(16,17)18)8-12(11)21-13(23)20-4-1-6-22-7-5-19-9-22/h2-3,5,7-9H,1,4,6H2,(H2,20,21,23). The summed E-state index contributed by atoms with van der Waals surface area (Å²) in [4.78, 5) is 15.6. The van der Waals surface area contributed by atoms with E-state index in [1.54, 1.807) is 18.7 Å². The van der Waals surface area contributed by atoms with Gasteiger partial charge in [-0.25, -0.2) is 9.78 Å². The maximum Gasteiger partial charge on any atom is 0.416 e. The summed E-state index contributed by atoms with van der Waals surface area (Å²) < 4.78 is 39.8. The summed E-state index contributed by atoms with van der Waals surface area (Å²) >= 11 is 5.80. The lowest BCUT2D eigenvalue weighted by molar-refractivity contribution is -0.137. The van der Waals surface area contributed by atoms with Crippen molar-refractivity contribution in [1.29, 1.82) is 0 Å². The summed E-state index contributed by atoms with van der Waals surface area (Å²) in [6.45, 7) is 1.03. The minimum atomic E-state index is -4.50. The number of amides is 2. The Balaban J connectivity index is 1.85. The van der Waals surface area contributed by atoms with Gasteiger partial charge in [0.1, 0.15) is 0 Å². The highest BCUT2D eigenvalue weighted by atomic mass is 35.5. The number of rotatable bonds is 5. The molecule has 9 heteroatoms. The molecule has 1 aromatic carbocycles. The van der Waals surface area contributed by atoms with Gasteiger partial charge in [-0.05, 0) is 24.6 Å². The van der Waals surface area contributed by atoms with Crippen LogP contribution in [0.15, 0.2) is 36.9 Å². The molecule has 5 nitrogen and oxygen atoms in total. The average Bonchev–Trinajstić information content (AvgIpc) is 2.98. The molecule has 1 heterocycles. The van der Waals surface area contributed by atoms with Crippen molar-refractivity contribution >= 4 is 23.3 Å². The first-order valence-corrected chi connectivity index (χ1v) is 7.11. The molecular formula is C14H14ClF3N4O. The summed E-state index contributed by atoms with van der Waals surface area (Å²) in [6.07, 6.45) is 1.25. The van der Waals surface area contributed by atoms with Crippen LogP contribution in [0.25, 0.3) is 0 Å². The minimum Gasteiger partial charge on any atom is -0.338 e. The van der Waals surface area contributed by atoms with Gasteiger partial charge in [0.25, 0.3) is 0 Å². The SMILES string of the molecule is O=C(NCCCn1ccnc1)Nc1cc(C(F)(F)F)ccc1Cl. The molecule has 0 radical (unpaired) electrons. The van der Waals surface area contributed by atoms with E-state index in [2.05, 4.69) is 15.6 Å². The van der Waals surface area contributed by atoms with Crippen molar-refractivity contribution in [2.75, 3.05) is 11.9 Å². The predicted molar refractivity (Wildman–Crippen MR) is 80.3 cm³/mol. The van der Waals surface area contributed by atoms with E-state index in [9.17, 15) is 18.0 Å². The highest BCUT2D eigenvalue weighted by Crippen LogP contribution is 2.33. The lowest BCUT2D eigenvalue weighted by atomic mass is 10.2. The number of anilines is 1. The number of benzene rings is 1. The summed E-state index contributed by atoms with van der Waals surface area (Å²) in [7, 11) is 0. The normalized spacial score (nSPS) is 11.3. The highest BCUT2D eigenvalue weighted by Gasteiger charge is 2.31. The van der Waals surface area contributed by atoms with Gasteiger partial charge in [0.2, 0.25) is 0 Å². The largest absolute Gasteiger partial charge is 0.416 e. The fraction of sp³-hybridized carbons (Fsp3) is 0.286. The van der Waals surface area contributed by atoms with Crippen molar-refractivity contribution in [3.8, 4) is 0 Å². The molecule has 0 aliphatic carbocycles. The quantitative estimate of drug-likeness (QED) is 0.810. The van der Waals surface area contributed by atoms with Gasteiger partial charge in [-0.2, -0.15) is 13.2 Å². The number of hydrogen-bond donors (Lipinski definition) is 2. The van der Waals surface area contributed by atoms with Crippen LogP contribution in [0.4, 0.5) is 23.7 Å². The number of halogens is 4. The van der Waals surface area contributed by atoms with Gasteiger partial charge >= 0.3 is 12.2 Å². The fourth-order valence-corrected chi connectivity index (χ4v) is 2.01. The molecule has 2 amide bonds. The molecule has 0 aliphatic heterocycles. The third-order valence-electron chi connectivity index (χ3n) is 2.98. The second kappa shape index (κ2) is 7.36. The maximum absolute atomic E-state index is 12.6. The van der Waals surface area contributed by atoms with Crippen LogP contribution >= 0.6 is 11.6 Å². The maximum atomic E-state index is 12.6. The fourth-order valence-electron chi connectivity index (χ4n) is 1.85. The molecule has 23 heavy (non-hydrogen) atoms. The summed E-state index contributed by atoms with van der Waals surface area (Å²) in [6, 6.07) is 2.14. The summed E-state index contributed by atoms with van der Waals surface area (Å²) in [5.74, 6) is 0. The van der Waals surface area contributed by atoms with Crippen LogP contribution in [-0.4, -0.2) is 22.1 Å². The Labute approximate surface area is 135 Å². The molecule has 0 spiro atoms. The predicted octanol–water partition coefficient (Wildman–Crippen LogP) is 3.77. The van der Waals surface area contributed by atoms with E-state index < -0.39 is 17.8 Å². The number of urea groups is 1. The zero-order valence-corrected chi connectivity index (χ0v) is 12.7. The van der Waals surface area contributed by atoms with Gasteiger partial charge in [0, 0.05) is 25.5 Å². The molecule has 0 fully saturated rings. The highest BCUT2D eigenvalue weighted by molar-refractivity contribution is 6.33. The van der Waals surface area contributed by atoms with Crippen LogP contribution in [0.5, 0.6) is 0 Å². The van der Waals surface area contributed by atoms with Crippen LogP contribution in [-0.2, 0) is 12.7 Å². The molecule has 124 valence electrons. The van der Waals surface area contributed by atoms with Crippen LogP contribution in [0, 0.1) is 0 Å². The third-order valence-corrected chi connectivity index (χ3v) is 3.31. The minimum absolute atomic E-state index is 0.0339. The number of carbonyl (C=O) groups excluding carboxylic acids is 1. The molecule has 0 atom stereocenters. The lowest BCUT2D eigenvalue weighted by Gasteiger charge is -2.12. The second-order valence-corrected chi connectivity index (χ2v) is 5.13. The van der Waals surface area contributed by atoms with Crippen molar-refractivity contribution in [2.45, 2.75) is 19.1 Å². The number of alkyl halides is 3. The van der Waals surface area contributed by atoms with E-state index >= 15 is 0 Å². The van der Waals surface area contributed by atoms with Gasteiger partial charge < -0.3 is 15.2 Å². The Bertz CT molecular complexity index is 659. The van der Waals surface area contributed by atoms with Crippen LogP contribution < -0.4 is 10.6 Å².